The molecule has 2 aromatic carbocycles. The predicted molar refractivity (Wildman–Crippen MR) is 88.5 cm³/mol. The van der Waals surface area contributed by atoms with Gasteiger partial charge in [-0.1, -0.05) is 48.0 Å². The molecule has 0 radical (unpaired) electrons. The molecule has 1 atom stereocenters. The smallest absolute Gasteiger partial charge is 0.0345 e. The van der Waals surface area contributed by atoms with Crippen molar-refractivity contribution in [3.63, 3.8) is 0 Å². The molecule has 102 valence electrons. The summed E-state index contributed by atoms with van der Waals surface area (Å²) >= 11 is 1.82. The van der Waals surface area contributed by atoms with E-state index in [1.807, 2.05) is 11.3 Å². The van der Waals surface area contributed by atoms with Crippen molar-refractivity contribution in [2.75, 3.05) is 6.54 Å². The highest BCUT2D eigenvalue weighted by Gasteiger charge is 2.13. The third-order valence-corrected chi connectivity index (χ3v) is 4.87. The van der Waals surface area contributed by atoms with Gasteiger partial charge in [0.2, 0.25) is 0 Å². The van der Waals surface area contributed by atoms with Crippen molar-refractivity contribution in [3.8, 4) is 0 Å². The summed E-state index contributed by atoms with van der Waals surface area (Å²) in [6.07, 6.45) is 1.02. The first kappa shape index (κ1) is 13.3. The van der Waals surface area contributed by atoms with Crippen LogP contribution in [-0.2, 0) is 6.42 Å². The maximum absolute atomic E-state index is 6.01. The van der Waals surface area contributed by atoms with Crippen LogP contribution in [0.4, 0.5) is 0 Å². The monoisotopic (exact) mass is 281 g/mol. The Kier molecular flexibility index (Phi) is 3.86. The Hall–Kier alpha value is -1.64. The molecule has 1 heterocycles. The van der Waals surface area contributed by atoms with E-state index >= 15 is 0 Å². The first-order chi connectivity index (χ1) is 9.78. The third kappa shape index (κ3) is 2.62. The summed E-state index contributed by atoms with van der Waals surface area (Å²) in [7, 11) is 0. The highest BCUT2D eigenvalue weighted by molar-refractivity contribution is 7.17. The van der Waals surface area contributed by atoms with E-state index in [2.05, 4.69) is 60.8 Å². The van der Waals surface area contributed by atoms with E-state index in [0.717, 1.165) is 6.42 Å². The number of benzene rings is 2. The van der Waals surface area contributed by atoms with Crippen molar-refractivity contribution in [3.05, 3.63) is 70.6 Å². The predicted octanol–water partition coefficient (Wildman–Crippen LogP) is 4.49. The van der Waals surface area contributed by atoms with Gasteiger partial charge >= 0.3 is 0 Å². The molecule has 0 bridgehead atoms. The summed E-state index contributed by atoms with van der Waals surface area (Å²) in [5, 5.41) is 3.66. The molecule has 0 fully saturated rings. The third-order valence-electron chi connectivity index (χ3n) is 3.86. The number of hydrogen-bond donors (Lipinski definition) is 1. The summed E-state index contributed by atoms with van der Waals surface area (Å²) in [5.74, 6) is 0.397. The first-order valence-electron chi connectivity index (χ1n) is 6.99. The summed E-state index contributed by atoms with van der Waals surface area (Å²) in [6.45, 7) is 2.81. The van der Waals surface area contributed by atoms with Crippen LogP contribution < -0.4 is 5.73 Å². The molecular formula is C18H19NS. The van der Waals surface area contributed by atoms with E-state index < -0.39 is 0 Å². The molecular weight excluding hydrogens is 262 g/mol. The van der Waals surface area contributed by atoms with Gasteiger partial charge in [-0.3, -0.25) is 0 Å². The summed E-state index contributed by atoms with van der Waals surface area (Å²) in [5.41, 5.74) is 10.1. The Morgan fingerprint density at radius 2 is 1.80 bits per heavy atom. The molecule has 1 nitrogen and oxygen atoms in total. The van der Waals surface area contributed by atoms with E-state index in [-0.39, 0.29) is 0 Å². The average Bonchev–Trinajstić information content (AvgIpc) is 2.89. The van der Waals surface area contributed by atoms with Gasteiger partial charge in [0.15, 0.2) is 0 Å². The molecule has 0 aliphatic carbocycles. The molecule has 0 aliphatic rings. The van der Waals surface area contributed by atoms with E-state index in [4.69, 9.17) is 5.73 Å². The second-order valence-electron chi connectivity index (χ2n) is 5.30. The summed E-state index contributed by atoms with van der Waals surface area (Å²) in [4.78, 5) is 0. The zero-order chi connectivity index (χ0) is 13.9. The maximum Gasteiger partial charge on any atom is 0.0345 e. The second-order valence-corrected chi connectivity index (χ2v) is 6.22. The zero-order valence-electron chi connectivity index (χ0n) is 11.7. The van der Waals surface area contributed by atoms with Gasteiger partial charge in [0.25, 0.3) is 0 Å². The van der Waals surface area contributed by atoms with E-state index in [1.165, 1.54) is 26.8 Å². The van der Waals surface area contributed by atoms with E-state index in [0.29, 0.717) is 12.5 Å². The molecule has 1 aromatic heterocycles. The van der Waals surface area contributed by atoms with Crippen molar-refractivity contribution < 1.29 is 0 Å². The number of fused-ring (bicyclic) bond motifs is 1. The lowest BCUT2D eigenvalue weighted by atomic mass is 9.91. The zero-order valence-corrected chi connectivity index (χ0v) is 12.5. The van der Waals surface area contributed by atoms with Crippen molar-refractivity contribution in [2.24, 2.45) is 5.73 Å². The molecule has 3 aromatic rings. The minimum Gasteiger partial charge on any atom is -0.330 e. The number of hydrogen-bond acceptors (Lipinski definition) is 2. The fourth-order valence-electron chi connectivity index (χ4n) is 2.63. The molecule has 1 unspecified atom stereocenters. The van der Waals surface area contributed by atoms with Crippen molar-refractivity contribution in [2.45, 2.75) is 19.3 Å². The molecule has 3 rings (SSSR count). The Morgan fingerprint density at radius 1 is 1.05 bits per heavy atom. The lowest BCUT2D eigenvalue weighted by Crippen LogP contribution is -2.14. The van der Waals surface area contributed by atoms with Gasteiger partial charge in [0, 0.05) is 10.6 Å². The molecule has 2 N–H and O–H groups in total. The Labute approximate surface area is 124 Å². The van der Waals surface area contributed by atoms with Gasteiger partial charge < -0.3 is 5.73 Å². The highest BCUT2D eigenvalue weighted by atomic mass is 32.1. The first-order valence-corrected chi connectivity index (χ1v) is 7.87. The Balaban J connectivity index is 1.89. The lowest BCUT2D eigenvalue weighted by Gasteiger charge is -2.15. The van der Waals surface area contributed by atoms with Gasteiger partial charge in [-0.25, -0.2) is 0 Å². The van der Waals surface area contributed by atoms with Crippen LogP contribution in [0.5, 0.6) is 0 Å². The number of nitrogens with two attached hydrogens (primary N) is 1. The molecule has 2 heteroatoms. The SMILES string of the molecule is Cc1ccc(C(CN)Cc2csc3ccccc23)cc1. The van der Waals surface area contributed by atoms with E-state index in [9.17, 15) is 0 Å². The molecule has 0 aliphatic heterocycles. The van der Waals surface area contributed by atoms with Gasteiger partial charge in [0.1, 0.15) is 0 Å². The minimum atomic E-state index is 0.397. The standard InChI is InChI=1S/C18H19NS/c1-13-6-8-14(9-7-13)15(11-19)10-16-12-20-18-5-3-2-4-17(16)18/h2-9,12,15H,10-11,19H2,1H3. The van der Waals surface area contributed by atoms with Gasteiger partial charge in [-0.15, -0.1) is 11.3 Å². The van der Waals surface area contributed by atoms with Crippen LogP contribution in [0.15, 0.2) is 53.9 Å². The molecule has 0 spiro atoms. The fraction of sp³-hybridized carbons (Fsp3) is 0.222. The largest absolute Gasteiger partial charge is 0.330 e. The van der Waals surface area contributed by atoms with Gasteiger partial charge in [0.05, 0.1) is 0 Å². The van der Waals surface area contributed by atoms with Gasteiger partial charge in [-0.2, -0.15) is 0 Å². The normalized spacial score (nSPS) is 12.7. The van der Waals surface area contributed by atoms with Crippen LogP contribution in [0.1, 0.15) is 22.6 Å². The van der Waals surface area contributed by atoms with Crippen LogP contribution in [0.3, 0.4) is 0 Å². The second kappa shape index (κ2) is 5.78. The molecule has 20 heavy (non-hydrogen) atoms. The van der Waals surface area contributed by atoms with Crippen molar-refractivity contribution in [1.29, 1.82) is 0 Å². The van der Waals surface area contributed by atoms with Crippen LogP contribution >= 0.6 is 11.3 Å². The fourth-order valence-corrected chi connectivity index (χ4v) is 3.61. The van der Waals surface area contributed by atoms with E-state index in [1.54, 1.807) is 0 Å². The topological polar surface area (TPSA) is 26.0 Å². The summed E-state index contributed by atoms with van der Waals surface area (Å²) < 4.78 is 1.36. The lowest BCUT2D eigenvalue weighted by molar-refractivity contribution is 0.698. The molecule has 0 saturated carbocycles. The number of aryl methyl sites for hydroxylation is 1. The highest BCUT2D eigenvalue weighted by Crippen LogP contribution is 2.30. The Morgan fingerprint density at radius 3 is 2.55 bits per heavy atom. The van der Waals surface area contributed by atoms with Gasteiger partial charge in [-0.05, 0) is 47.8 Å². The van der Waals surface area contributed by atoms with Crippen molar-refractivity contribution >= 4 is 21.4 Å². The average molecular weight is 281 g/mol. The maximum atomic E-state index is 6.01. The molecule has 0 amide bonds. The minimum absolute atomic E-state index is 0.397. The number of rotatable bonds is 4. The number of thiophene rings is 1. The van der Waals surface area contributed by atoms with Crippen molar-refractivity contribution in [1.82, 2.24) is 0 Å². The Bertz CT molecular complexity index is 697. The van der Waals surface area contributed by atoms with Crippen LogP contribution in [-0.4, -0.2) is 6.54 Å². The summed E-state index contributed by atoms with van der Waals surface area (Å²) in [6, 6.07) is 17.4. The molecule has 0 saturated heterocycles. The quantitative estimate of drug-likeness (QED) is 0.749. The van der Waals surface area contributed by atoms with Crippen LogP contribution in [0.2, 0.25) is 0 Å². The van der Waals surface area contributed by atoms with Crippen LogP contribution in [0, 0.1) is 6.92 Å². The van der Waals surface area contributed by atoms with Crippen LogP contribution in [0.25, 0.3) is 10.1 Å².